The van der Waals surface area contributed by atoms with Crippen LogP contribution in [0.1, 0.15) is 12.8 Å². The van der Waals surface area contributed by atoms with Crippen molar-refractivity contribution in [3.05, 3.63) is 47.1 Å². The van der Waals surface area contributed by atoms with E-state index in [1.165, 1.54) is 12.1 Å². The summed E-state index contributed by atoms with van der Waals surface area (Å²) in [7, 11) is -4.38. The molecule has 0 radical (unpaired) electrons. The number of hydrogen-bond acceptors (Lipinski definition) is 6. The smallest absolute Gasteiger partial charge is 0.311 e. The molecule has 0 aliphatic heterocycles. The summed E-state index contributed by atoms with van der Waals surface area (Å²) in [6.45, 7) is 0. The average molecular weight is 728 g/mol. The van der Waals surface area contributed by atoms with E-state index >= 15 is 0 Å². The standard InChI is InChI=1S/C16H11I3O7S/c17-9-1-3-10(4-2-9)25-14(20)5-6-15(21)26-11-7-12(18)16(13(19)8-11)27(22,23)24/h1-4,7-8H,5-6H2,(H,22,23,24). The van der Waals surface area contributed by atoms with Gasteiger partial charge in [-0.2, -0.15) is 8.42 Å². The van der Waals surface area contributed by atoms with E-state index in [0.717, 1.165) is 3.57 Å². The first-order chi connectivity index (χ1) is 12.6. The third-order valence-electron chi connectivity index (χ3n) is 3.04. The molecule has 0 aliphatic rings. The van der Waals surface area contributed by atoms with Crippen molar-refractivity contribution >= 4 is 89.8 Å². The molecule has 0 fully saturated rings. The van der Waals surface area contributed by atoms with Gasteiger partial charge in [0, 0.05) is 10.7 Å². The van der Waals surface area contributed by atoms with Crippen LogP contribution in [0.2, 0.25) is 0 Å². The first-order valence-corrected chi connectivity index (χ1v) is 11.9. The Morgan fingerprint density at radius 2 is 1.30 bits per heavy atom. The number of hydrogen-bond donors (Lipinski definition) is 1. The molecular formula is C16H11I3O7S. The molecule has 11 heteroatoms. The maximum atomic E-state index is 11.9. The second-order valence-electron chi connectivity index (χ2n) is 5.09. The molecule has 27 heavy (non-hydrogen) atoms. The predicted octanol–water partition coefficient (Wildman–Crippen LogP) is 4.04. The molecule has 0 aromatic heterocycles. The highest BCUT2D eigenvalue weighted by Crippen LogP contribution is 2.29. The number of benzene rings is 2. The fourth-order valence-corrected chi connectivity index (χ4v) is 6.26. The average Bonchev–Trinajstić information content (AvgIpc) is 2.53. The zero-order chi connectivity index (χ0) is 20.2. The van der Waals surface area contributed by atoms with Crippen molar-refractivity contribution in [3.63, 3.8) is 0 Å². The van der Waals surface area contributed by atoms with Gasteiger partial charge in [-0.15, -0.1) is 0 Å². The fraction of sp³-hybridized carbons (Fsp3) is 0.125. The summed E-state index contributed by atoms with van der Waals surface area (Å²) in [5.74, 6) is -0.731. The summed E-state index contributed by atoms with van der Waals surface area (Å²) in [6.07, 6.45) is -0.363. The Bertz CT molecular complexity index is 949. The Kier molecular flexibility index (Phi) is 8.26. The van der Waals surface area contributed by atoms with Gasteiger partial charge in [-0.25, -0.2) is 0 Å². The van der Waals surface area contributed by atoms with Crippen molar-refractivity contribution in [2.45, 2.75) is 17.7 Å². The number of rotatable bonds is 6. The van der Waals surface area contributed by atoms with Gasteiger partial charge < -0.3 is 9.47 Å². The van der Waals surface area contributed by atoms with Gasteiger partial charge in [0.1, 0.15) is 16.4 Å². The lowest BCUT2D eigenvalue weighted by Crippen LogP contribution is -2.14. The SMILES string of the molecule is O=C(CCC(=O)Oc1cc(I)c(S(=O)(=O)O)c(I)c1)Oc1ccc(I)cc1. The molecule has 2 rings (SSSR count). The first-order valence-electron chi connectivity index (χ1n) is 7.19. The van der Waals surface area contributed by atoms with Crippen LogP contribution in [0.15, 0.2) is 41.3 Å². The second kappa shape index (κ2) is 9.80. The van der Waals surface area contributed by atoms with E-state index in [2.05, 4.69) is 22.6 Å². The molecule has 0 atom stereocenters. The summed E-state index contributed by atoms with van der Waals surface area (Å²) in [4.78, 5) is 23.5. The third-order valence-corrected chi connectivity index (χ3v) is 7.15. The number of ether oxygens (including phenoxy) is 2. The van der Waals surface area contributed by atoms with Gasteiger partial charge in [-0.3, -0.25) is 14.1 Å². The molecule has 144 valence electrons. The molecule has 0 bridgehead atoms. The van der Waals surface area contributed by atoms with E-state index in [1.807, 2.05) is 0 Å². The van der Waals surface area contributed by atoms with Gasteiger partial charge in [-0.1, -0.05) is 0 Å². The molecule has 2 aromatic rings. The van der Waals surface area contributed by atoms with Crippen molar-refractivity contribution in [2.24, 2.45) is 0 Å². The number of halogens is 3. The maximum Gasteiger partial charge on any atom is 0.311 e. The van der Waals surface area contributed by atoms with Gasteiger partial charge in [-0.05, 0) is 104 Å². The van der Waals surface area contributed by atoms with Gasteiger partial charge in [0.2, 0.25) is 0 Å². The van der Waals surface area contributed by atoms with Crippen LogP contribution < -0.4 is 9.47 Å². The molecule has 0 amide bonds. The largest absolute Gasteiger partial charge is 0.427 e. The number of carbonyl (C=O) groups is 2. The van der Waals surface area contributed by atoms with E-state index in [4.69, 9.17) is 9.47 Å². The van der Waals surface area contributed by atoms with Gasteiger partial charge in [0.15, 0.2) is 0 Å². The normalized spacial score (nSPS) is 11.1. The van der Waals surface area contributed by atoms with E-state index in [0.29, 0.717) is 5.75 Å². The van der Waals surface area contributed by atoms with E-state index in [9.17, 15) is 22.6 Å². The van der Waals surface area contributed by atoms with Crippen molar-refractivity contribution in [2.75, 3.05) is 0 Å². The lowest BCUT2D eigenvalue weighted by Gasteiger charge is -2.09. The van der Waals surface area contributed by atoms with Crippen molar-refractivity contribution in [1.82, 2.24) is 0 Å². The third kappa shape index (κ3) is 7.10. The highest BCUT2D eigenvalue weighted by Gasteiger charge is 2.20. The first kappa shape index (κ1) is 22.8. The molecule has 0 saturated heterocycles. The van der Waals surface area contributed by atoms with Crippen LogP contribution in [-0.4, -0.2) is 24.9 Å². The van der Waals surface area contributed by atoms with Gasteiger partial charge in [0.05, 0.1) is 12.8 Å². The van der Waals surface area contributed by atoms with Crippen LogP contribution >= 0.6 is 67.8 Å². The molecule has 0 unspecified atom stereocenters. The van der Waals surface area contributed by atoms with Crippen molar-refractivity contribution in [3.8, 4) is 11.5 Å². The minimum atomic E-state index is -4.38. The lowest BCUT2D eigenvalue weighted by molar-refractivity contribution is -0.140. The van der Waals surface area contributed by atoms with Crippen LogP contribution in [-0.2, 0) is 19.7 Å². The molecule has 1 N–H and O–H groups in total. The van der Waals surface area contributed by atoms with E-state index in [-0.39, 0.29) is 30.6 Å². The highest BCUT2D eigenvalue weighted by atomic mass is 127. The minimum absolute atomic E-state index is 0.118. The Labute approximate surface area is 196 Å². The Morgan fingerprint density at radius 1 is 0.852 bits per heavy atom. The Morgan fingerprint density at radius 3 is 1.74 bits per heavy atom. The zero-order valence-corrected chi connectivity index (χ0v) is 20.6. The van der Waals surface area contributed by atoms with E-state index in [1.54, 1.807) is 69.4 Å². The lowest BCUT2D eigenvalue weighted by atomic mass is 10.3. The minimum Gasteiger partial charge on any atom is -0.427 e. The maximum absolute atomic E-state index is 11.9. The number of carbonyl (C=O) groups excluding carboxylic acids is 2. The van der Waals surface area contributed by atoms with E-state index < -0.39 is 22.1 Å². The topological polar surface area (TPSA) is 107 Å². The van der Waals surface area contributed by atoms with Crippen LogP contribution in [0.3, 0.4) is 0 Å². The molecule has 0 spiro atoms. The highest BCUT2D eigenvalue weighted by molar-refractivity contribution is 14.1. The molecular weight excluding hydrogens is 717 g/mol. The van der Waals surface area contributed by atoms with Crippen LogP contribution in [0.5, 0.6) is 11.5 Å². The van der Waals surface area contributed by atoms with Crippen molar-refractivity contribution < 1.29 is 32.0 Å². The molecule has 0 heterocycles. The van der Waals surface area contributed by atoms with Gasteiger partial charge in [0.25, 0.3) is 10.1 Å². The predicted molar refractivity (Wildman–Crippen MR) is 121 cm³/mol. The Balaban J connectivity index is 1.94. The summed E-state index contributed by atoms with van der Waals surface area (Å²) in [6, 6.07) is 9.51. The number of esters is 2. The quantitative estimate of drug-likeness (QED) is 0.207. The van der Waals surface area contributed by atoms with Crippen LogP contribution in [0.4, 0.5) is 0 Å². The summed E-state index contributed by atoms with van der Waals surface area (Å²) in [5.41, 5.74) is 0. The molecule has 2 aromatic carbocycles. The molecule has 0 aliphatic carbocycles. The monoisotopic (exact) mass is 728 g/mol. The van der Waals surface area contributed by atoms with Gasteiger partial charge >= 0.3 is 11.9 Å². The fourth-order valence-electron chi connectivity index (χ4n) is 1.91. The van der Waals surface area contributed by atoms with Crippen molar-refractivity contribution in [1.29, 1.82) is 0 Å². The summed E-state index contributed by atoms with van der Waals surface area (Å²) in [5, 5.41) is 0. The summed E-state index contributed by atoms with van der Waals surface area (Å²) < 4.78 is 43.6. The Hall–Kier alpha value is -0.520. The summed E-state index contributed by atoms with van der Waals surface area (Å²) >= 11 is 5.57. The second-order valence-corrected chi connectivity index (χ2v) is 10.0. The molecule has 0 saturated carbocycles. The molecule has 7 nitrogen and oxygen atoms in total. The zero-order valence-electron chi connectivity index (χ0n) is 13.3. The van der Waals surface area contributed by atoms with Crippen LogP contribution in [0.25, 0.3) is 0 Å². The van der Waals surface area contributed by atoms with Crippen LogP contribution in [0, 0.1) is 10.7 Å².